The zero-order valence-corrected chi connectivity index (χ0v) is 13.1. The van der Waals surface area contributed by atoms with Gasteiger partial charge in [0.1, 0.15) is 5.82 Å². The summed E-state index contributed by atoms with van der Waals surface area (Å²) in [4.78, 5) is 9.82. The number of nitrogen functional groups attached to an aromatic ring is 1. The molecule has 0 radical (unpaired) electrons. The Balaban J connectivity index is 2.56. The zero-order chi connectivity index (χ0) is 12.6. The first-order chi connectivity index (χ1) is 7.99. The minimum Gasteiger partial charge on any atom is -0.383 e. The highest BCUT2D eigenvalue weighted by atomic mass is 127. The third-order valence-electron chi connectivity index (χ3n) is 2.24. The predicted octanol–water partition coefficient (Wildman–Crippen LogP) is 4.17. The molecule has 2 N–H and O–H groups in total. The van der Waals surface area contributed by atoms with E-state index >= 15 is 0 Å². The number of halogens is 2. The fourth-order valence-electron chi connectivity index (χ4n) is 1.41. The first kappa shape index (κ1) is 13.0. The number of hydrogen-bond donors (Lipinski definition) is 1. The summed E-state index contributed by atoms with van der Waals surface area (Å²) in [5, 5.41) is 2.57. The SMILES string of the molecule is CC(C)c1nc(-c2cc(Cl)cs2)nc(N)c1I. The molecule has 0 atom stereocenters. The maximum Gasteiger partial charge on any atom is 0.171 e. The molecular weight excluding hydrogens is 369 g/mol. The van der Waals surface area contributed by atoms with Crippen LogP contribution in [-0.4, -0.2) is 9.97 Å². The quantitative estimate of drug-likeness (QED) is 0.797. The molecule has 2 aromatic heterocycles. The maximum absolute atomic E-state index is 5.92. The normalized spacial score (nSPS) is 11.1. The highest BCUT2D eigenvalue weighted by Crippen LogP contribution is 2.31. The van der Waals surface area contributed by atoms with Gasteiger partial charge in [-0.2, -0.15) is 0 Å². The average Bonchev–Trinajstić information content (AvgIpc) is 2.68. The molecule has 0 bridgehead atoms. The van der Waals surface area contributed by atoms with Crippen LogP contribution >= 0.6 is 45.5 Å². The molecule has 0 saturated carbocycles. The molecule has 2 aromatic rings. The summed E-state index contributed by atoms with van der Waals surface area (Å²) in [5.41, 5.74) is 6.90. The van der Waals surface area contributed by atoms with Crippen molar-refractivity contribution in [2.45, 2.75) is 19.8 Å². The van der Waals surface area contributed by atoms with Crippen LogP contribution in [0.1, 0.15) is 25.5 Å². The summed E-state index contributed by atoms with van der Waals surface area (Å²) in [6, 6.07) is 1.86. The van der Waals surface area contributed by atoms with Crippen molar-refractivity contribution in [1.82, 2.24) is 9.97 Å². The number of nitrogens with two attached hydrogens (primary N) is 1. The Morgan fingerprint density at radius 1 is 1.41 bits per heavy atom. The maximum atomic E-state index is 5.92. The third kappa shape index (κ3) is 2.71. The van der Waals surface area contributed by atoms with Crippen molar-refractivity contribution in [2.75, 3.05) is 5.73 Å². The van der Waals surface area contributed by atoms with Crippen LogP contribution in [0.25, 0.3) is 10.7 Å². The van der Waals surface area contributed by atoms with Crippen LogP contribution in [0, 0.1) is 3.57 Å². The fraction of sp³-hybridized carbons (Fsp3) is 0.273. The lowest BCUT2D eigenvalue weighted by molar-refractivity contribution is 0.810. The van der Waals surface area contributed by atoms with Crippen molar-refractivity contribution in [1.29, 1.82) is 0 Å². The molecule has 3 nitrogen and oxygen atoms in total. The van der Waals surface area contributed by atoms with E-state index in [0.29, 0.717) is 22.6 Å². The van der Waals surface area contributed by atoms with Gasteiger partial charge in [0.15, 0.2) is 5.82 Å². The molecule has 90 valence electrons. The Morgan fingerprint density at radius 3 is 2.65 bits per heavy atom. The van der Waals surface area contributed by atoms with Crippen LogP contribution in [0.5, 0.6) is 0 Å². The highest BCUT2D eigenvalue weighted by molar-refractivity contribution is 14.1. The van der Waals surface area contributed by atoms with Crippen LogP contribution in [0.2, 0.25) is 5.02 Å². The van der Waals surface area contributed by atoms with E-state index in [4.69, 9.17) is 17.3 Å². The van der Waals surface area contributed by atoms with Gasteiger partial charge in [0.25, 0.3) is 0 Å². The van der Waals surface area contributed by atoms with E-state index in [1.54, 1.807) is 0 Å². The van der Waals surface area contributed by atoms with E-state index in [0.717, 1.165) is 14.1 Å². The molecule has 0 aromatic carbocycles. The van der Waals surface area contributed by atoms with Crippen molar-refractivity contribution in [3.8, 4) is 10.7 Å². The minimum absolute atomic E-state index is 0.321. The number of nitrogens with zero attached hydrogens (tertiary/aromatic N) is 2. The topological polar surface area (TPSA) is 51.8 Å². The van der Waals surface area contributed by atoms with E-state index in [1.807, 2.05) is 11.4 Å². The van der Waals surface area contributed by atoms with E-state index in [2.05, 4.69) is 46.4 Å². The Kier molecular flexibility index (Phi) is 3.89. The van der Waals surface area contributed by atoms with Gasteiger partial charge in [-0.1, -0.05) is 25.4 Å². The number of rotatable bonds is 2. The number of thiophene rings is 1. The smallest absolute Gasteiger partial charge is 0.171 e. The molecular formula is C11H11ClIN3S. The second-order valence-corrected chi connectivity index (χ2v) is 6.34. The van der Waals surface area contributed by atoms with Crippen molar-refractivity contribution in [2.24, 2.45) is 0 Å². The van der Waals surface area contributed by atoms with Gasteiger partial charge < -0.3 is 5.73 Å². The first-order valence-corrected chi connectivity index (χ1v) is 7.40. The van der Waals surface area contributed by atoms with E-state index in [9.17, 15) is 0 Å². The van der Waals surface area contributed by atoms with Gasteiger partial charge in [0, 0.05) is 5.38 Å². The molecule has 2 rings (SSSR count). The van der Waals surface area contributed by atoms with Gasteiger partial charge in [0.05, 0.1) is 19.2 Å². The van der Waals surface area contributed by atoms with E-state index in [1.165, 1.54) is 11.3 Å². The summed E-state index contributed by atoms with van der Waals surface area (Å²) in [5.74, 6) is 1.51. The Labute approximate surface area is 123 Å². The lowest BCUT2D eigenvalue weighted by Crippen LogP contribution is -2.05. The first-order valence-electron chi connectivity index (χ1n) is 5.06. The summed E-state index contributed by atoms with van der Waals surface area (Å²) in [6.45, 7) is 4.18. The predicted molar refractivity (Wildman–Crippen MR) is 81.6 cm³/mol. The molecule has 0 aliphatic heterocycles. The van der Waals surface area contributed by atoms with E-state index in [-0.39, 0.29) is 0 Å². The molecule has 0 aliphatic carbocycles. The van der Waals surface area contributed by atoms with Crippen LogP contribution < -0.4 is 5.73 Å². The molecule has 0 spiro atoms. The Morgan fingerprint density at radius 2 is 2.12 bits per heavy atom. The fourth-order valence-corrected chi connectivity index (χ4v) is 3.28. The summed E-state index contributed by atoms with van der Waals surface area (Å²) in [6.07, 6.45) is 0. The van der Waals surface area contributed by atoms with Gasteiger partial charge in [-0.15, -0.1) is 11.3 Å². The largest absolute Gasteiger partial charge is 0.383 e. The Bertz CT molecular complexity index is 554. The summed E-state index contributed by atoms with van der Waals surface area (Å²) < 4.78 is 0.934. The Hall–Kier alpha value is -0.400. The standard InChI is InChI=1S/C11H11ClIN3S/c1-5(2)9-8(13)10(14)16-11(15-9)7-3-6(12)4-17-7/h3-5H,1-2H3,(H2,14,15,16). The lowest BCUT2D eigenvalue weighted by Gasteiger charge is -2.10. The minimum atomic E-state index is 0.321. The van der Waals surface area contributed by atoms with Crippen LogP contribution in [0.3, 0.4) is 0 Å². The third-order valence-corrected chi connectivity index (χ3v) is 4.62. The van der Waals surface area contributed by atoms with Gasteiger partial charge in [-0.05, 0) is 34.6 Å². The monoisotopic (exact) mass is 379 g/mol. The van der Waals surface area contributed by atoms with Crippen molar-refractivity contribution < 1.29 is 0 Å². The van der Waals surface area contributed by atoms with Crippen molar-refractivity contribution >= 4 is 51.3 Å². The second-order valence-electron chi connectivity index (χ2n) is 3.92. The van der Waals surface area contributed by atoms with Gasteiger partial charge in [-0.25, -0.2) is 9.97 Å². The van der Waals surface area contributed by atoms with Gasteiger partial charge >= 0.3 is 0 Å². The highest BCUT2D eigenvalue weighted by Gasteiger charge is 2.14. The van der Waals surface area contributed by atoms with Crippen LogP contribution in [0.4, 0.5) is 5.82 Å². The molecule has 17 heavy (non-hydrogen) atoms. The number of aromatic nitrogens is 2. The van der Waals surface area contributed by atoms with Gasteiger partial charge in [-0.3, -0.25) is 0 Å². The second kappa shape index (κ2) is 5.07. The molecule has 6 heteroatoms. The van der Waals surface area contributed by atoms with Crippen LogP contribution in [-0.2, 0) is 0 Å². The molecule has 0 fully saturated rings. The summed E-state index contributed by atoms with van der Waals surface area (Å²) >= 11 is 9.62. The van der Waals surface area contributed by atoms with Gasteiger partial charge in [0.2, 0.25) is 0 Å². The molecule has 0 saturated heterocycles. The zero-order valence-electron chi connectivity index (χ0n) is 9.37. The van der Waals surface area contributed by atoms with Crippen LogP contribution in [0.15, 0.2) is 11.4 Å². The molecule has 0 unspecified atom stereocenters. The molecule has 0 amide bonds. The van der Waals surface area contributed by atoms with Crippen molar-refractivity contribution in [3.63, 3.8) is 0 Å². The van der Waals surface area contributed by atoms with E-state index < -0.39 is 0 Å². The number of hydrogen-bond acceptors (Lipinski definition) is 4. The lowest BCUT2D eigenvalue weighted by atomic mass is 10.1. The summed E-state index contributed by atoms with van der Waals surface area (Å²) in [7, 11) is 0. The van der Waals surface area contributed by atoms with Crippen molar-refractivity contribution in [3.05, 3.63) is 25.7 Å². The number of anilines is 1. The average molecular weight is 380 g/mol. The molecule has 2 heterocycles. The molecule has 0 aliphatic rings.